The van der Waals surface area contributed by atoms with Crippen LogP contribution >= 0.6 is 0 Å². The van der Waals surface area contributed by atoms with Crippen molar-refractivity contribution in [3.63, 3.8) is 0 Å². The Labute approximate surface area is 434 Å². The quantitative estimate of drug-likeness (QED) is 0.0749. The van der Waals surface area contributed by atoms with Gasteiger partial charge in [0.05, 0.1) is 16.9 Å². The van der Waals surface area contributed by atoms with E-state index >= 15 is 19.2 Å². The minimum absolute atomic E-state index is 0.0386. The van der Waals surface area contributed by atoms with Crippen molar-refractivity contribution in [2.24, 2.45) is 0 Å². The van der Waals surface area contributed by atoms with Crippen molar-refractivity contribution in [1.29, 1.82) is 0 Å². The van der Waals surface area contributed by atoms with Gasteiger partial charge in [0.1, 0.15) is 0 Å². The summed E-state index contributed by atoms with van der Waals surface area (Å²) in [5.41, 5.74) is 12.9. The zero-order chi connectivity index (χ0) is 52.3. The van der Waals surface area contributed by atoms with Gasteiger partial charge < -0.3 is 5.32 Å². The van der Waals surface area contributed by atoms with Gasteiger partial charge in [-0.3, -0.25) is 19.2 Å². The van der Waals surface area contributed by atoms with Crippen molar-refractivity contribution >= 4 is 89.5 Å². The fourth-order valence-electron chi connectivity index (χ4n) is 12.5. The third kappa shape index (κ3) is 7.28. The first-order valence-corrected chi connectivity index (χ1v) is 26.6. The first kappa shape index (κ1) is 48.6. The molecule has 0 spiro atoms. The highest BCUT2D eigenvalue weighted by Gasteiger charge is 2.42. The molecule has 372 valence electrons. The normalized spacial score (nSPS) is 14.0. The lowest BCUT2D eigenvalue weighted by Crippen LogP contribution is -2.42. The van der Waals surface area contributed by atoms with Crippen molar-refractivity contribution in [1.82, 2.24) is 0 Å². The largest absolute Gasteiger partial charge is 0.355 e. The Balaban J connectivity index is 1.29. The van der Waals surface area contributed by atoms with Crippen molar-refractivity contribution in [3.8, 4) is 0 Å². The zero-order valence-corrected chi connectivity index (χ0v) is 44.7. The Kier molecular flexibility index (Phi) is 11.9. The van der Waals surface area contributed by atoms with Crippen LogP contribution in [0.5, 0.6) is 0 Å². The smallest absolute Gasteiger partial charge is 0.266 e. The number of rotatable bonds is 12. The summed E-state index contributed by atoms with van der Waals surface area (Å²) in [5.74, 6) is -0.868. The van der Waals surface area contributed by atoms with Crippen LogP contribution in [0.2, 0.25) is 0 Å². The Morgan fingerprint density at radius 3 is 1.22 bits per heavy atom. The van der Waals surface area contributed by atoms with E-state index in [1.54, 1.807) is 0 Å². The average Bonchev–Trinajstić information content (AvgIpc) is 3.37. The molecule has 0 saturated carbocycles. The van der Waals surface area contributed by atoms with E-state index in [9.17, 15) is 0 Å². The van der Waals surface area contributed by atoms with Gasteiger partial charge in [-0.1, -0.05) is 174 Å². The lowest BCUT2D eigenvalue weighted by molar-refractivity contribution is 0.0877. The molecule has 0 unspecified atom stereocenters. The van der Waals surface area contributed by atoms with Crippen LogP contribution in [0.4, 0.5) is 22.7 Å². The molecule has 0 saturated heterocycles. The number of anilines is 4. The minimum Gasteiger partial charge on any atom is -0.355 e. The number of carbonyl (C=O) groups is 4. The third-order valence-corrected chi connectivity index (χ3v) is 16.0. The van der Waals surface area contributed by atoms with E-state index in [4.69, 9.17) is 0 Å². The third-order valence-electron chi connectivity index (χ3n) is 16.0. The predicted octanol–water partition coefficient (Wildman–Crippen LogP) is 17.4. The fraction of sp³-hybridized carbons (Fsp3) is 0.284. The van der Waals surface area contributed by atoms with Crippen LogP contribution in [0.1, 0.15) is 205 Å². The maximum Gasteiger partial charge on any atom is 0.266 e. The van der Waals surface area contributed by atoms with Gasteiger partial charge in [0.2, 0.25) is 0 Å². The average molecular weight is 976 g/mol. The number of amides is 4. The first-order chi connectivity index (χ1) is 35.4. The maximum absolute atomic E-state index is 15.8. The maximum atomic E-state index is 15.8. The summed E-state index contributed by atoms with van der Waals surface area (Å²) in [7, 11) is 0. The Bertz CT molecular complexity index is 3550. The second-order valence-electron chi connectivity index (χ2n) is 22.6. The number of hydrogen-bond donors (Lipinski definition) is 1. The van der Waals surface area contributed by atoms with Crippen LogP contribution < -0.4 is 15.1 Å². The number of carbonyl (C=O) groups excluding carboxylic acids is 4. The summed E-state index contributed by atoms with van der Waals surface area (Å²) in [6.07, 6.45) is 0.498. The molecule has 1 N–H and O–H groups in total. The molecule has 9 aromatic rings. The number of para-hydroxylation sites is 3. The lowest BCUT2D eigenvalue weighted by atomic mass is 9.78. The molecule has 0 bridgehead atoms. The van der Waals surface area contributed by atoms with Gasteiger partial charge in [-0.05, 0) is 138 Å². The summed E-state index contributed by atoms with van der Waals surface area (Å²) in [6.45, 7) is 25.6. The van der Waals surface area contributed by atoms with Gasteiger partial charge in [-0.2, -0.15) is 0 Å². The Morgan fingerprint density at radius 2 is 0.730 bits per heavy atom. The summed E-state index contributed by atoms with van der Waals surface area (Å²) < 4.78 is 0. The molecule has 0 atom stereocenters. The lowest BCUT2D eigenvalue weighted by Gasteiger charge is -2.34. The van der Waals surface area contributed by atoms with E-state index in [-0.39, 0.29) is 59.1 Å². The summed E-state index contributed by atoms with van der Waals surface area (Å²) in [4.78, 5) is 65.6. The summed E-state index contributed by atoms with van der Waals surface area (Å²) in [5, 5.41) is 10.1. The molecule has 11 rings (SSSR count). The predicted molar refractivity (Wildman–Crippen MR) is 306 cm³/mol. The summed E-state index contributed by atoms with van der Waals surface area (Å²) >= 11 is 0. The topological polar surface area (TPSA) is 86.8 Å². The standard InChI is InChI=1S/C67H65N3O4/c1-34(2)42-20-14-13-19-40(42)31-41-32-52-57-50(64(71)69(66(52)73)62-44(36(5)6)22-17-23-45(62)37(7)8)30-28-49-59-55(68-54-26-16-15-21-43(54)35(3)4)33-53-58-51(29-27-48(61(58)59)56(41)60(49)57)65(72)70(67(53)74)63-46(38(9)10)24-18-25-47(63)39(11)12/h13-30,32-39,68H,31H2,1-12H3. The monoisotopic (exact) mass is 975 g/mol. The van der Waals surface area contributed by atoms with Crippen LogP contribution in [0, 0.1) is 0 Å². The molecule has 0 aliphatic carbocycles. The molecule has 0 radical (unpaired) electrons. The van der Waals surface area contributed by atoms with Gasteiger partial charge in [-0.25, -0.2) is 9.80 Å². The second kappa shape index (κ2) is 18.1. The highest BCUT2D eigenvalue weighted by atomic mass is 16.2. The summed E-state index contributed by atoms with van der Waals surface area (Å²) in [6, 6.07) is 40.9. The van der Waals surface area contributed by atoms with Crippen LogP contribution in [0.25, 0.3) is 43.1 Å². The highest BCUT2D eigenvalue weighted by Crippen LogP contribution is 2.53. The molecule has 7 nitrogen and oxygen atoms in total. The molecule has 9 aromatic carbocycles. The second-order valence-corrected chi connectivity index (χ2v) is 22.6. The molecule has 2 heterocycles. The van der Waals surface area contributed by atoms with E-state index in [0.717, 1.165) is 76.9 Å². The number of hydrogen-bond acceptors (Lipinski definition) is 5. The number of nitrogens with zero attached hydrogens (tertiary/aromatic N) is 2. The Hall–Kier alpha value is -7.64. The van der Waals surface area contributed by atoms with E-state index in [2.05, 4.69) is 131 Å². The Morgan fingerprint density at radius 1 is 0.338 bits per heavy atom. The van der Waals surface area contributed by atoms with Crippen molar-refractivity contribution in [3.05, 3.63) is 188 Å². The molecule has 0 fully saturated rings. The molecule has 0 aromatic heterocycles. The van der Waals surface area contributed by atoms with E-state index in [1.165, 1.54) is 15.4 Å². The fourth-order valence-corrected chi connectivity index (χ4v) is 12.5. The molecule has 7 heteroatoms. The minimum atomic E-state index is -0.373. The zero-order valence-electron chi connectivity index (χ0n) is 44.7. The van der Waals surface area contributed by atoms with Crippen LogP contribution in [0.15, 0.2) is 121 Å². The van der Waals surface area contributed by atoms with Crippen LogP contribution in [0.3, 0.4) is 0 Å². The van der Waals surface area contributed by atoms with Crippen molar-refractivity contribution < 1.29 is 19.2 Å². The molecule has 2 aliphatic heterocycles. The number of nitrogens with one attached hydrogen (secondary N) is 1. The molecule has 2 aliphatic rings. The van der Waals surface area contributed by atoms with Gasteiger partial charge in [-0.15, -0.1) is 0 Å². The highest BCUT2D eigenvalue weighted by molar-refractivity contribution is 6.47. The molecular weight excluding hydrogens is 911 g/mol. The van der Waals surface area contributed by atoms with Crippen molar-refractivity contribution in [2.75, 3.05) is 15.1 Å². The van der Waals surface area contributed by atoms with Gasteiger partial charge >= 0.3 is 0 Å². The molecule has 4 amide bonds. The molecule has 74 heavy (non-hydrogen) atoms. The van der Waals surface area contributed by atoms with Gasteiger partial charge in [0.15, 0.2) is 0 Å². The van der Waals surface area contributed by atoms with Gasteiger partial charge in [0, 0.05) is 49.6 Å². The van der Waals surface area contributed by atoms with E-state index in [0.29, 0.717) is 56.5 Å². The SMILES string of the molecule is CC(C)c1ccccc1Cc1cc2c3c(ccc4c5c(Nc6ccccc6C(C)C)cc6c7c(ccc(c1c34)c75)C(=O)N(c1c(C(C)C)cccc1C(C)C)C6=O)C(=O)N(c1c(C(C)C)cccc1C(C)C)C2=O. The molecular formula is C67H65N3O4. The number of benzene rings is 9. The van der Waals surface area contributed by atoms with Crippen LogP contribution in [-0.2, 0) is 6.42 Å². The number of imide groups is 2. The van der Waals surface area contributed by atoms with Gasteiger partial charge in [0.25, 0.3) is 23.6 Å². The van der Waals surface area contributed by atoms with Crippen LogP contribution in [-0.4, -0.2) is 23.6 Å². The number of fused-ring (bicyclic) bond motifs is 2. The first-order valence-electron chi connectivity index (χ1n) is 26.6. The van der Waals surface area contributed by atoms with E-state index < -0.39 is 0 Å². The van der Waals surface area contributed by atoms with Crippen molar-refractivity contribution in [2.45, 2.75) is 125 Å². The van der Waals surface area contributed by atoms with E-state index in [1.807, 2.05) is 78.9 Å².